The van der Waals surface area contributed by atoms with Crippen molar-refractivity contribution in [2.75, 3.05) is 0 Å². The zero-order valence-electron chi connectivity index (χ0n) is 5.55. The number of hydrogen-bond acceptors (Lipinski definition) is 0. The molecule has 0 N–H and O–H groups in total. The van der Waals surface area contributed by atoms with Crippen molar-refractivity contribution in [3.63, 3.8) is 0 Å². The number of rotatable bonds is 2. The van der Waals surface area contributed by atoms with Crippen LogP contribution in [0.3, 0.4) is 0 Å². The first-order chi connectivity index (χ1) is 4.83. The van der Waals surface area contributed by atoms with Crippen molar-refractivity contribution < 1.29 is 0 Å². The summed E-state index contributed by atoms with van der Waals surface area (Å²) in [5.41, 5.74) is 1.40. The second kappa shape index (κ2) is 4.20. The number of hydrogen-bond donors (Lipinski definition) is 0. The predicted octanol–water partition coefficient (Wildman–Crippen LogP) is 2.58. The van der Waals surface area contributed by atoms with E-state index < -0.39 is 0 Å². The van der Waals surface area contributed by atoms with Crippen LogP contribution in [0, 0.1) is 0 Å². The number of aryl methyl sites for hydroxylation is 1. The fourth-order valence-corrected chi connectivity index (χ4v) is 1.81. The van der Waals surface area contributed by atoms with Crippen LogP contribution < -0.4 is 0 Å². The van der Waals surface area contributed by atoms with Crippen LogP contribution in [-0.4, -0.2) is 16.9 Å². The van der Waals surface area contributed by atoms with Crippen LogP contribution in [0.4, 0.5) is 0 Å². The van der Waals surface area contributed by atoms with E-state index in [9.17, 15) is 0 Å². The van der Waals surface area contributed by atoms with Gasteiger partial charge in [-0.15, -0.1) is 0 Å². The first-order valence-electron chi connectivity index (χ1n) is 3.18. The van der Waals surface area contributed by atoms with Crippen LogP contribution in [0.25, 0.3) is 0 Å². The molecule has 0 nitrogen and oxygen atoms in total. The molecule has 10 heavy (non-hydrogen) atoms. The molecule has 0 saturated heterocycles. The summed E-state index contributed by atoms with van der Waals surface area (Å²) in [7, 11) is 0. The van der Waals surface area contributed by atoms with E-state index in [-0.39, 0.29) is 0 Å². The normalized spacial score (nSPS) is 9.80. The summed E-state index contributed by atoms with van der Waals surface area (Å²) < 4.78 is 1.17. The van der Waals surface area contributed by atoms with Crippen molar-refractivity contribution in [2.45, 2.75) is 11.6 Å². The standard InChI is InChI=1S/C8H8AsBr/c9-5-4-7-2-1-3-8(10)6-7/h1-3,6H,4-5H2. The van der Waals surface area contributed by atoms with E-state index in [0.717, 1.165) is 11.6 Å². The Kier molecular flexibility index (Phi) is 3.51. The molecule has 0 aromatic heterocycles. The molecule has 0 heterocycles. The summed E-state index contributed by atoms with van der Waals surface area (Å²) in [6.45, 7) is 0. The van der Waals surface area contributed by atoms with E-state index in [2.05, 4.69) is 51.0 Å². The van der Waals surface area contributed by atoms with Crippen molar-refractivity contribution in [3.05, 3.63) is 34.3 Å². The van der Waals surface area contributed by atoms with Gasteiger partial charge in [0.15, 0.2) is 0 Å². The van der Waals surface area contributed by atoms with Crippen LogP contribution in [0.5, 0.6) is 0 Å². The van der Waals surface area contributed by atoms with Gasteiger partial charge in [0.2, 0.25) is 0 Å². The summed E-state index contributed by atoms with van der Waals surface area (Å²) >= 11 is 6.02. The van der Waals surface area contributed by atoms with Gasteiger partial charge in [-0.25, -0.2) is 0 Å². The van der Waals surface area contributed by atoms with Crippen molar-refractivity contribution >= 4 is 32.8 Å². The Morgan fingerprint density at radius 3 is 2.80 bits per heavy atom. The molecule has 1 aromatic carbocycles. The molecule has 0 amide bonds. The molecule has 0 unspecified atom stereocenters. The minimum absolute atomic E-state index is 1.15. The Hall–Kier alpha value is 0.258. The number of benzene rings is 1. The molecule has 1 rings (SSSR count). The summed E-state index contributed by atoms with van der Waals surface area (Å²) in [5.74, 6) is 0. The quantitative estimate of drug-likeness (QED) is 0.716. The average Bonchev–Trinajstić information content (AvgIpc) is 1.88. The second-order valence-electron chi connectivity index (χ2n) is 2.10. The fraction of sp³-hybridized carbons (Fsp3) is 0.250. The van der Waals surface area contributed by atoms with E-state index in [4.69, 9.17) is 0 Å². The van der Waals surface area contributed by atoms with Gasteiger partial charge in [0.1, 0.15) is 0 Å². The first kappa shape index (κ1) is 8.36. The molecule has 0 atom stereocenters. The van der Waals surface area contributed by atoms with Crippen molar-refractivity contribution in [1.29, 1.82) is 0 Å². The van der Waals surface area contributed by atoms with Gasteiger partial charge >= 0.3 is 78.7 Å². The third-order valence-electron chi connectivity index (χ3n) is 1.29. The molecule has 0 bridgehead atoms. The van der Waals surface area contributed by atoms with Gasteiger partial charge in [-0.05, 0) is 0 Å². The monoisotopic (exact) mass is 258 g/mol. The Morgan fingerprint density at radius 1 is 1.40 bits per heavy atom. The van der Waals surface area contributed by atoms with E-state index in [0.29, 0.717) is 0 Å². The Balaban J connectivity index is 2.75. The van der Waals surface area contributed by atoms with Crippen LogP contribution in [0.2, 0.25) is 5.21 Å². The Bertz CT molecular complexity index is 210. The third-order valence-corrected chi connectivity index (χ3v) is 2.25. The van der Waals surface area contributed by atoms with Gasteiger partial charge in [0.05, 0.1) is 0 Å². The Morgan fingerprint density at radius 2 is 2.20 bits per heavy atom. The van der Waals surface area contributed by atoms with Gasteiger partial charge in [0, 0.05) is 0 Å². The van der Waals surface area contributed by atoms with E-state index in [1.807, 2.05) is 6.07 Å². The Labute approximate surface area is 78.6 Å². The zero-order valence-corrected chi connectivity index (χ0v) is 9.01. The predicted molar refractivity (Wildman–Crippen MR) is 48.4 cm³/mol. The summed E-state index contributed by atoms with van der Waals surface area (Å²) in [6.07, 6.45) is 1.15. The molecular formula is C8H8AsBr. The molecule has 2 radical (unpaired) electrons. The van der Waals surface area contributed by atoms with Gasteiger partial charge in [-0.1, -0.05) is 0 Å². The van der Waals surface area contributed by atoms with E-state index >= 15 is 0 Å². The van der Waals surface area contributed by atoms with E-state index in [1.165, 1.54) is 10.0 Å². The van der Waals surface area contributed by atoms with Crippen LogP contribution in [0.1, 0.15) is 5.56 Å². The molecule has 1 aromatic rings. The van der Waals surface area contributed by atoms with Crippen LogP contribution in [-0.2, 0) is 6.42 Å². The molecule has 0 saturated carbocycles. The summed E-state index contributed by atoms with van der Waals surface area (Å²) in [5, 5.41) is 1.16. The van der Waals surface area contributed by atoms with E-state index in [1.54, 1.807) is 0 Å². The molecular weight excluding hydrogens is 251 g/mol. The van der Waals surface area contributed by atoms with Crippen LogP contribution in [0.15, 0.2) is 28.7 Å². The van der Waals surface area contributed by atoms with Crippen LogP contribution >= 0.6 is 15.9 Å². The van der Waals surface area contributed by atoms with Crippen molar-refractivity contribution in [1.82, 2.24) is 0 Å². The minimum atomic E-state index is 1.15. The van der Waals surface area contributed by atoms with Crippen molar-refractivity contribution in [3.8, 4) is 0 Å². The van der Waals surface area contributed by atoms with Gasteiger partial charge in [-0.3, -0.25) is 0 Å². The zero-order chi connectivity index (χ0) is 7.40. The maximum atomic E-state index is 3.43. The topological polar surface area (TPSA) is 0 Å². The summed E-state index contributed by atoms with van der Waals surface area (Å²) in [6, 6.07) is 8.43. The molecule has 52 valence electrons. The molecule has 0 spiro atoms. The first-order valence-corrected chi connectivity index (χ1v) is 5.30. The average molecular weight is 259 g/mol. The van der Waals surface area contributed by atoms with Gasteiger partial charge < -0.3 is 0 Å². The molecule has 0 aliphatic carbocycles. The maximum absolute atomic E-state index is 3.43. The SMILES string of the molecule is [As]CCc1cccc(Br)c1. The molecule has 0 aliphatic rings. The fourth-order valence-electron chi connectivity index (χ4n) is 0.822. The molecule has 0 fully saturated rings. The third kappa shape index (κ3) is 2.48. The molecule has 0 aliphatic heterocycles. The second-order valence-corrected chi connectivity index (χ2v) is 3.96. The van der Waals surface area contributed by atoms with Gasteiger partial charge in [-0.2, -0.15) is 0 Å². The number of halogens is 1. The summed E-state index contributed by atoms with van der Waals surface area (Å²) in [4.78, 5) is 0. The van der Waals surface area contributed by atoms with Gasteiger partial charge in [0.25, 0.3) is 0 Å². The van der Waals surface area contributed by atoms with Crippen molar-refractivity contribution in [2.24, 2.45) is 0 Å². The molecule has 2 heteroatoms.